The fourth-order valence-corrected chi connectivity index (χ4v) is 10.1. The Morgan fingerprint density at radius 2 is 0.470 bits per heavy atom. The summed E-state index contributed by atoms with van der Waals surface area (Å²) in [6, 6.07) is 0. The van der Waals surface area contributed by atoms with E-state index in [9.17, 15) is 14.4 Å². The average Bonchev–Trinajstić information content (AvgIpc) is 3.49. The van der Waals surface area contributed by atoms with Crippen LogP contribution in [0.1, 0.15) is 342 Å². The number of hydrogen-bond donors (Lipinski definition) is 0. The molecule has 0 fully saturated rings. The highest BCUT2D eigenvalue weighted by atomic mass is 16.6. The summed E-state index contributed by atoms with van der Waals surface area (Å²) in [6.07, 6.45) is 96.8. The Labute approximate surface area is 514 Å². The number of rotatable bonds is 64. The van der Waals surface area contributed by atoms with Crippen LogP contribution >= 0.6 is 0 Å². The minimum atomic E-state index is -0.784. The maximum atomic E-state index is 13.0. The largest absolute Gasteiger partial charge is 0.462 e. The van der Waals surface area contributed by atoms with Gasteiger partial charge in [0.15, 0.2) is 6.10 Å². The molecule has 83 heavy (non-hydrogen) atoms. The van der Waals surface area contributed by atoms with Gasteiger partial charge in [0.05, 0.1) is 0 Å². The summed E-state index contributed by atoms with van der Waals surface area (Å²) in [6.45, 7) is 6.44. The Kier molecular flexibility index (Phi) is 67.2. The number of carbonyl (C=O) groups is 3. The van der Waals surface area contributed by atoms with Gasteiger partial charge in [-0.25, -0.2) is 0 Å². The van der Waals surface area contributed by atoms with Gasteiger partial charge in [-0.15, -0.1) is 0 Å². The number of ether oxygens (including phenoxy) is 3. The van der Waals surface area contributed by atoms with Crippen molar-refractivity contribution in [3.63, 3.8) is 0 Å². The second kappa shape index (κ2) is 70.6. The maximum absolute atomic E-state index is 13.0. The number of esters is 3. The lowest BCUT2D eigenvalue weighted by Crippen LogP contribution is -2.30. The van der Waals surface area contributed by atoms with E-state index in [2.05, 4.69) is 130 Å². The first-order valence-corrected chi connectivity index (χ1v) is 35.4. The van der Waals surface area contributed by atoms with Crippen molar-refractivity contribution < 1.29 is 28.6 Å². The topological polar surface area (TPSA) is 78.9 Å². The van der Waals surface area contributed by atoms with Crippen LogP contribution in [0.4, 0.5) is 0 Å². The summed E-state index contributed by atoms with van der Waals surface area (Å²) in [5.41, 5.74) is 0. The summed E-state index contributed by atoms with van der Waals surface area (Å²) in [5, 5.41) is 0. The molecule has 1 unspecified atom stereocenters. The van der Waals surface area contributed by atoms with Crippen LogP contribution in [0.3, 0.4) is 0 Å². The van der Waals surface area contributed by atoms with Crippen LogP contribution in [0.2, 0.25) is 0 Å². The fraction of sp³-hybridized carbons (Fsp3) is 0.727. The molecular weight excluding hydrogens is 1020 g/mol. The minimum Gasteiger partial charge on any atom is -0.462 e. The van der Waals surface area contributed by atoms with Crippen molar-refractivity contribution in [3.8, 4) is 0 Å². The van der Waals surface area contributed by atoms with Gasteiger partial charge in [-0.05, 0) is 103 Å². The Balaban J connectivity index is 4.27. The van der Waals surface area contributed by atoms with Gasteiger partial charge in [0.2, 0.25) is 0 Å². The Bertz CT molecular complexity index is 1660. The molecule has 0 aromatic heterocycles. The fourth-order valence-electron chi connectivity index (χ4n) is 10.1. The van der Waals surface area contributed by atoms with Crippen molar-refractivity contribution in [3.05, 3.63) is 109 Å². The van der Waals surface area contributed by atoms with Gasteiger partial charge in [0.25, 0.3) is 0 Å². The zero-order valence-electron chi connectivity index (χ0n) is 54.7. The molecule has 0 aliphatic carbocycles. The number of unbranched alkanes of at least 4 members (excludes halogenated alkanes) is 35. The molecule has 0 heterocycles. The molecule has 0 aliphatic heterocycles. The summed E-state index contributed by atoms with van der Waals surface area (Å²) in [4.78, 5) is 38.4. The van der Waals surface area contributed by atoms with E-state index >= 15 is 0 Å². The molecule has 0 amide bonds. The van der Waals surface area contributed by atoms with Crippen molar-refractivity contribution in [2.24, 2.45) is 0 Å². The average molecular weight is 1150 g/mol. The molecule has 0 saturated heterocycles. The van der Waals surface area contributed by atoms with Gasteiger partial charge in [-0.1, -0.05) is 329 Å². The van der Waals surface area contributed by atoms with E-state index < -0.39 is 6.10 Å². The highest BCUT2D eigenvalue weighted by molar-refractivity contribution is 5.71. The summed E-state index contributed by atoms with van der Waals surface area (Å²) in [7, 11) is 0. The van der Waals surface area contributed by atoms with E-state index in [1.165, 1.54) is 180 Å². The lowest BCUT2D eigenvalue weighted by molar-refractivity contribution is -0.167. The normalized spacial score (nSPS) is 12.8. The first kappa shape index (κ1) is 79.1. The lowest BCUT2D eigenvalue weighted by atomic mass is 10.0. The molecule has 6 heteroatoms. The predicted molar refractivity (Wildman–Crippen MR) is 362 cm³/mol. The van der Waals surface area contributed by atoms with Crippen molar-refractivity contribution in [2.45, 2.75) is 348 Å². The third kappa shape index (κ3) is 68.7. The second-order valence-electron chi connectivity index (χ2n) is 23.4. The summed E-state index contributed by atoms with van der Waals surface area (Å²) >= 11 is 0. The van der Waals surface area contributed by atoms with Crippen LogP contribution in [0.15, 0.2) is 109 Å². The SMILES string of the molecule is CC/C=C\C/C=C\C/C=C\C/C=C\C/C=C\CCCCCCCCCC(=O)OC(COC(=O)CCCCCCCCCCCCCCC)COC(=O)CCCCCCCCCCCCCCCCCC/C=C\C/C=C\C/C=C\C/C=C\CC. The molecule has 0 aliphatic rings. The van der Waals surface area contributed by atoms with Crippen LogP contribution in [0, 0.1) is 0 Å². The third-order valence-corrected chi connectivity index (χ3v) is 15.3. The lowest BCUT2D eigenvalue weighted by Gasteiger charge is -2.18. The zero-order valence-corrected chi connectivity index (χ0v) is 54.7. The molecule has 0 aromatic carbocycles. The van der Waals surface area contributed by atoms with Crippen LogP contribution in [-0.4, -0.2) is 37.2 Å². The maximum Gasteiger partial charge on any atom is 0.306 e. The monoisotopic (exact) mass is 1150 g/mol. The highest BCUT2D eigenvalue weighted by Gasteiger charge is 2.19. The van der Waals surface area contributed by atoms with E-state index in [0.717, 1.165) is 122 Å². The zero-order chi connectivity index (χ0) is 59.9. The molecule has 0 bridgehead atoms. The van der Waals surface area contributed by atoms with Gasteiger partial charge in [-0.2, -0.15) is 0 Å². The van der Waals surface area contributed by atoms with Gasteiger partial charge in [0, 0.05) is 19.3 Å². The highest BCUT2D eigenvalue weighted by Crippen LogP contribution is 2.17. The summed E-state index contributed by atoms with van der Waals surface area (Å²) < 4.78 is 17.0. The molecular formula is C77H132O6. The van der Waals surface area contributed by atoms with E-state index in [-0.39, 0.29) is 31.1 Å². The van der Waals surface area contributed by atoms with Gasteiger partial charge in [-0.3, -0.25) is 14.4 Å². The Morgan fingerprint density at radius 1 is 0.253 bits per heavy atom. The molecule has 6 nitrogen and oxygen atoms in total. The van der Waals surface area contributed by atoms with Crippen molar-refractivity contribution in [1.29, 1.82) is 0 Å². The quantitative estimate of drug-likeness (QED) is 0.0261. The number of allylic oxidation sites excluding steroid dienone is 18. The van der Waals surface area contributed by atoms with Crippen molar-refractivity contribution in [1.82, 2.24) is 0 Å². The Morgan fingerprint density at radius 3 is 0.735 bits per heavy atom. The van der Waals surface area contributed by atoms with E-state index in [1.54, 1.807) is 0 Å². The van der Waals surface area contributed by atoms with Gasteiger partial charge in [0.1, 0.15) is 13.2 Å². The second-order valence-corrected chi connectivity index (χ2v) is 23.4. The molecule has 476 valence electrons. The van der Waals surface area contributed by atoms with Crippen LogP contribution in [0.5, 0.6) is 0 Å². The molecule has 0 spiro atoms. The molecule has 1 atom stereocenters. The third-order valence-electron chi connectivity index (χ3n) is 15.3. The van der Waals surface area contributed by atoms with Gasteiger partial charge < -0.3 is 14.2 Å². The smallest absolute Gasteiger partial charge is 0.306 e. The van der Waals surface area contributed by atoms with E-state index in [4.69, 9.17) is 14.2 Å². The van der Waals surface area contributed by atoms with E-state index in [1.807, 2.05) is 0 Å². The number of carbonyl (C=O) groups excluding carboxylic acids is 3. The van der Waals surface area contributed by atoms with Crippen molar-refractivity contribution >= 4 is 17.9 Å². The molecule has 0 aromatic rings. The summed E-state index contributed by atoms with van der Waals surface area (Å²) in [5.74, 6) is -0.874. The van der Waals surface area contributed by atoms with Crippen LogP contribution < -0.4 is 0 Å². The van der Waals surface area contributed by atoms with Gasteiger partial charge >= 0.3 is 17.9 Å². The first-order chi connectivity index (χ1) is 41.0. The molecule has 0 rings (SSSR count). The van der Waals surface area contributed by atoms with Crippen LogP contribution in [-0.2, 0) is 28.6 Å². The first-order valence-electron chi connectivity index (χ1n) is 35.4. The molecule has 0 radical (unpaired) electrons. The number of hydrogen-bond acceptors (Lipinski definition) is 6. The Hall–Kier alpha value is -3.93. The minimum absolute atomic E-state index is 0.0788. The van der Waals surface area contributed by atoms with Crippen LogP contribution in [0.25, 0.3) is 0 Å². The molecule has 0 saturated carbocycles. The predicted octanol–water partition coefficient (Wildman–Crippen LogP) is 24.6. The molecule has 0 N–H and O–H groups in total. The van der Waals surface area contributed by atoms with Crippen molar-refractivity contribution in [2.75, 3.05) is 13.2 Å². The standard InChI is InChI=1S/C77H132O6/c1-4-7-10-13-16-19-22-25-27-29-31-33-35-36-37-38-39-40-42-43-45-47-49-52-55-58-61-64-67-70-76(79)82-73-74(72-81-75(78)69-66-63-60-57-54-51-24-21-18-15-12-9-6-3)83-77(80)71-68-65-62-59-56-53-50-48-46-44-41-34-32-30-28-26-23-20-17-14-11-8-5-2/h7-8,10-11,16-17,19-20,25-28,31-34,44,46,74H,4-6,9,12-15,18,21-24,29-30,35-43,45,47-73H2,1-3H3/b10-7-,11-8-,19-16-,20-17-,27-25-,28-26-,33-31-,34-32-,46-44-. The van der Waals surface area contributed by atoms with E-state index in [0.29, 0.717) is 19.3 Å².